The van der Waals surface area contributed by atoms with Gasteiger partial charge in [-0.1, -0.05) is 0 Å². The van der Waals surface area contributed by atoms with E-state index in [2.05, 4.69) is 15.6 Å². The largest absolute Gasteiger partial charge is 0.479 e. The van der Waals surface area contributed by atoms with Gasteiger partial charge in [0.15, 0.2) is 6.10 Å². The predicted molar refractivity (Wildman–Crippen MR) is 81.0 cm³/mol. The number of hydrogen-bond donors (Lipinski definition) is 2. The van der Waals surface area contributed by atoms with Gasteiger partial charge < -0.3 is 19.9 Å². The normalized spacial score (nSPS) is 16.5. The highest BCUT2D eigenvalue weighted by Crippen LogP contribution is 2.32. The van der Waals surface area contributed by atoms with Crippen molar-refractivity contribution in [2.45, 2.75) is 26.5 Å². The molecule has 0 saturated carbocycles. The third kappa shape index (κ3) is 2.52. The Bertz CT molecular complexity index is 738. The van der Waals surface area contributed by atoms with E-state index < -0.39 is 6.10 Å². The van der Waals surface area contributed by atoms with Crippen molar-refractivity contribution in [3.8, 4) is 5.75 Å². The van der Waals surface area contributed by atoms with Gasteiger partial charge in [0.25, 0.3) is 11.8 Å². The number of carbonyl (C=O) groups is 2. The highest BCUT2D eigenvalue weighted by Gasteiger charge is 2.23. The first-order valence-corrected chi connectivity index (χ1v) is 7.01. The van der Waals surface area contributed by atoms with E-state index in [1.54, 1.807) is 36.0 Å². The Balaban J connectivity index is 1.81. The zero-order valence-electron chi connectivity index (χ0n) is 12.3. The van der Waals surface area contributed by atoms with Gasteiger partial charge in [-0.05, 0) is 32.0 Å². The number of carbonyl (C=O) groups excluding carboxylic acids is 2. The average molecular weight is 300 g/mol. The number of anilines is 2. The molecule has 2 N–H and O–H groups in total. The van der Waals surface area contributed by atoms with Gasteiger partial charge in [0.1, 0.15) is 11.4 Å². The molecule has 0 radical (unpaired) electrons. The Labute approximate surface area is 127 Å². The van der Waals surface area contributed by atoms with E-state index in [-0.39, 0.29) is 11.8 Å². The maximum Gasteiger partial charge on any atom is 0.273 e. The smallest absolute Gasteiger partial charge is 0.273 e. The molecule has 7 nitrogen and oxygen atoms in total. The molecular formula is C15H16N4O3. The van der Waals surface area contributed by atoms with Crippen LogP contribution in [0.25, 0.3) is 0 Å². The summed E-state index contributed by atoms with van der Waals surface area (Å²) in [5, 5.41) is 5.54. The van der Waals surface area contributed by atoms with E-state index in [4.69, 9.17) is 4.74 Å². The monoisotopic (exact) mass is 300 g/mol. The van der Waals surface area contributed by atoms with Crippen LogP contribution in [0.2, 0.25) is 0 Å². The highest BCUT2D eigenvalue weighted by molar-refractivity contribution is 6.04. The second-order valence-corrected chi connectivity index (χ2v) is 4.98. The van der Waals surface area contributed by atoms with E-state index >= 15 is 0 Å². The summed E-state index contributed by atoms with van der Waals surface area (Å²) in [6, 6.07) is 5.12. The standard InChI is InChI=1S/C15H16N4O3/c1-3-19-8-16-7-12(19)15(21)17-10-4-5-13-11(6-10)18-14(20)9(2)22-13/h4-9H,3H2,1-2H3,(H,17,21)(H,18,20). The van der Waals surface area contributed by atoms with Crippen molar-refractivity contribution in [2.24, 2.45) is 0 Å². The van der Waals surface area contributed by atoms with Crippen LogP contribution in [0.3, 0.4) is 0 Å². The lowest BCUT2D eigenvalue weighted by molar-refractivity contribution is -0.122. The minimum absolute atomic E-state index is 0.208. The lowest BCUT2D eigenvalue weighted by Crippen LogP contribution is -2.34. The van der Waals surface area contributed by atoms with Crippen molar-refractivity contribution in [1.29, 1.82) is 0 Å². The molecule has 7 heteroatoms. The van der Waals surface area contributed by atoms with Crippen LogP contribution in [0.1, 0.15) is 24.3 Å². The molecular weight excluding hydrogens is 284 g/mol. The van der Waals surface area contributed by atoms with E-state index in [0.29, 0.717) is 29.4 Å². The summed E-state index contributed by atoms with van der Waals surface area (Å²) >= 11 is 0. The van der Waals surface area contributed by atoms with Crippen molar-refractivity contribution >= 4 is 23.2 Å². The summed E-state index contributed by atoms with van der Waals surface area (Å²) < 4.78 is 7.22. The molecule has 1 aromatic carbocycles. The summed E-state index contributed by atoms with van der Waals surface area (Å²) in [6.45, 7) is 4.28. The molecule has 2 amide bonds. The Kier molecular flexibility index (Phi) is 3.54. The Morgan fingerprint density at radius 1 is 1.50 bits per heavy atom. The number of ether oxygens (including phenoxy) is 1. The number of hydrogen-bond acceptors (Lipinski definition) is 4. The Hall–Kier alpha value is -2.83. The van der Waals surface area contributed by atoms with Crippen molar-refractivity contribution in [3.05, 3.63) is 36.4 Å². The number of benzene rings is 1. The maximum absolute atomic E-state index is 12.2. The first-order valence-electron chi connectivity index (χ1n) is 7.01. The Morgan fingerprint density at radius 3 is 3.09 bits per heavy atom. The van der Waals surface area contributed by atoms with E-state index in [1.165, 1.54) is 6.20 Å². The highest BCUT2D eigenvalue weighted by atomic mass is 16.5. The SMILES string of the molecule is CCn1cncc1C(=O)Nc1ccc2c(c1)NC(=O)C(C)O2. The van der Waals surface area contributed by atoms with Crippen LogP contribution in [0.15, 0.2) is 30.7 Å². The lowest BCUT2D eigenvalue weighted by Gasteiger charge is -2.23. The third-order valence-corrected chi connectivity index (χ3v) is 3.45. The first-order chi connectivity index (χ1) is 10.6. The van der Waals surface area contributed by atoms with Gasteiger partial charge in [-0.15, -0.1) is 0 Å². The van der Waals surface area contributed by atoms with Gasteiger partial charge in [-0.25, -0.2) is 4.98 Å². The molecule has 0 spiro atoms. The van der Waals surface area contributed by atoms with Gasteiger partial charge in [-0.3, -0.25) is 9.59 Å². The maximum atomic E-state index is 12.2. The molecule has 1 aromatic heterocycles. The predicted octanol–water partition coefficient (Wildman–Crippen LogP) is 1.87. The van der Waals surface area contributed by atoms with E-state index in [1.807, 2.05) is 6.92 Å². The fourth-order valence-electron chi connectivity index (χ4n) is 2.24. The van der Waals surface area contributed by atoms with Crippen LogP contribution in [0.5, 0.6) is 5.75 Å². The van der Waals surface area contributed by atoms with Crippen LogP contribution in [-0.4, -0.2) is 27.5 Å². The molecule has 0 saturated heterocycles. The quantitative estimate of drug-likeness (QED) is 0.906. The van der Waals surface area contributed by atoms with Gasteiger partial charge in [0.2, 0.25) is 0 Å². The second kappa shape index (κ2) is 5.51. The molecule has 1 aliphatic rings. The number of fused-ring (bicyclic) bond motifs is 1. The number of aromatic nitrogens is 2. The summed E-state index contributed by atoms with van der Waals surface area (Å²) in [7, 11) is 0. The lowest BCUT2D eigenvalue weighted by atomic mass is 10.2. The molecule has 0 fully saturated rings. The minimum Gasteiger partial charge on any atom is -0.479 e. The zero-order chi connectivity index (χ0) is 15.7. The van der Waals surface area contributed by atoms with Crippen LogP contribution in [-0.2, 0) is 11.3 Å². The van der Waals surface area contributed by atoms with Gasteiger partial charge >= 0.3 is 0 Å². The van der Waals surface area contributed by atoms with Crippen molar-refractivity contribution < 1.29 is 14.3 Å². The van der Waals surface area contributed by atoms with E-state index in [0.717, 1.165) is 0 Å². The molecule has 1 aliphatic heterocycles. The van der Waals surface area contributed by atoms with E-state index in [9.17, 15) is 9.59 Å². The third-order valence-electron chi connectivity index (χ3n) is 3.45. The molecule has 2 heterocycles. The molecule has 1 atom stereocenters. The number of nitrogens with zero attached hydrogens (tertiary/aromatic N) is 2. The molecule has 1 unspecified atom stereocenters. The second-order valence-electron chi connectivity index (χ2n) is 4.98. The number of aryl methyl sites for hydroxylation is 1. The van der Waals surface area contributed by atoms with Gasteiger partial charge in [0.05, 0.1) is 18.2 Å². The van der Waals surface area contributed by atoms with Crippen LogP contribution >= 0.6 is 0 Å². The molecule has 0 aliphatic carbocycles. The molecule has 0 bridgehead atoms. The average Bonchev–Trinajstić information content (AvgIpc) is 2.97. The fourth-order valence-corrected chi connectivity index (χ4v) is 2.24. The molecule has 2 aromatic rings. The number of nitrogens with one attached hydrogen (secondary N) is 2. The fraction of sp³-hybridized carbons (Fsp3) is 0.267. The molecule has 114 valence electrons. The molecule has 22 heavy (non-hydrogen) atoms. The Morgan fingerprint density at radius 2 is 2.32 bits per heavy atom. The number of rotatable bonds is 3. The summed E-state index contributed by atoms with van der Waals surface area (Å²) in [5.74, 6) is 0.124. The minimum atomic E-state index is -0.521. The van der Waals surface area contributed by atoms with Gasteiger partial charge in [-0.2, -0.15) is 0 Å². The van der Waals surface area contributed by atoms with Crippen LogP contribution in [0.4, 0.5) is 11.4 Å². The van der Waals surface area contributed by atoms with Gasteiger partial charge in [0, 0.05) is 12.2 Å². The van der Waals surface area contributed by atoms with Crippen LogP contribution < -0.4 is 15.4 Å². The van der Waals surface area contributed by atoms with Crippen molar-refractivity contribution in [3.63, 3.8) is 0 Å². The zero-order valence-corrected chi connectivity index (χ0v) is 12.3. The summed E-state index contributed by atoms with van der Waals surface area (Å²) in [4.78, 5) is 27.8. The molecule has 3 rings (SSSR count). The van der Waals surface area contributed by atoms with Crippen LogP contribution in [0, 0.1) is 0 Å². The number of imidazole rings is 1. The summed E-state index contributed by atoms with van der Waals surface area (Å²) in [5.41, 5.74) is 1.60. The first kappa shape index (κ1) is 14.1. The topological polar surface area (TPSA) is 85.3 Å². The van der Waals surface area contributed by atoms with Crippen molar-refractivity contribution in [2.75, 3.05) is 10.6 Å². The van der Waals surface area contributed by atoms with Crippen molar-refractivity contribution in [1.82, 2.24) is 9.55 Å². The summed E-state index contributed by atoms with van der Waals surface area (Å²) in [6.07, 6.45) is 2.60. The number of amides is 2.